The van der Waals surface area contributed by atoms with E-state index in [1.54, 1.807) is 7.11 Å². The molecule has 70 valence electrons. The smallest absolute Gasteiger partial charge is 0.231 e. The van der Waals surface area contributed by atoms with Gasteiger partial charge in [0.25, 0.3) is 0 Å². The highest BCUT2D eigenvalue weighted by atomic mass is 16.5. The third-order valence-electron chi connectivity index (χ3n) is 2.93. The molecule has 0 aromatic heterocycles. The van der Waals surface area contributed by atoms with Crippen molar-refractivity contribution in [3.8, 4) is 0 Å². The molecule has 0 aromatic rings. The first-order chi connectivity index (χ1) is 6.10. The average molecular weight is 179 g/mol. The second kappa shape index (κ2) is 2.45. The standard InChI is InChI=1S/C10H13NO2/c1-6-4-8-9(12)11-7(2)5-10(6,8)13-3/h5,8H,1,4H2,2-3H3,(H,11,12). The van der Waals surface area contributed by atoms with E-state index in [9.17, 15) is 4.79 Å². The number of hydrogen-bond donors (Lipinski definition) is 1. The molecule has 0 spiro atoms. The highest BCUT2D eigenvalue weighted by Gasteiger charge is 2.54. The van der Waals surface area contributed by atoms with Gasteiger partial charge in [0.05, 0.1) is 5.92 Å². The zero-order valence-electron chi connectivity index (χ0n) is 7.89. The van der Waals surface area contributed by atoms with Crippen molar-refractivity contribution in [2.24, 2.45) is 5.92 Å². The molecule has 2 aliphatic rings. The van der Waals surface area contributed by atoms with Gasteiger partial charge < -0.3 is 10.1 Å². The summed E-state index contributed by atoms with van der Waals surface area (Å²) in [7, 11) is 1.62. The van der Waals surface area contributed by atoms with E-state index in [-0.39, 0.29) is 11.8 Å². The maximum absolute atomic E-state index is 11.5. The number of fused-ring (bicyclic) bond motifs is 1. The Hall–Kier alpha value is -1.09. The Labute approximate surface area is 77.5 Å². The first-order valence-electron chi connectivity index (χ1n) is 4.34. The minimum Gasteiger partial charge on any atom is -0.369 e. The molecule has 0 bridgehead atoms. The Morgan fingerprint density at radius 1 is 1.77 bits per heavy atom. The quantitative estimate of drug-likeness (QED) is 0.609. The summed E-state index contributed by atoms with van der Waals surface area (Å²) in [6.07, 6.45) is 2.69. The lowest BCUT2D eigenvalue weighted by Gasteiger charge is -2.49. The number of ether oxygens (including phenoxy) is 1. The van der Waals surface area contributed by atoms with Gasteiger partial charge in [0.2, 0.25) is 5.91 Å². The van der Waals surface area contributed by atoms with E-state index in [0.29, 0.717) is 0 Å². The fraction of sp³-hybridized carbons (Fsp3) is 0.500. The predicted molar refractivity (Wildman–Crippen MR) is 48.9 cm³/mol. The summed E-state index contributed by atoms with van der Waals surface area (Å²) < 4.78 is 5.39. The van der Waals surface area contributed by atoms with Gasteiger partial charge in [0.1, 0.15) is 5.60 Å². The fourth-order valence-electron chi connectivity index (χ4n) is 2.15. The van der Waals surface area contributed by atoms with E-state index in [4.69, 9.17) is 4.74 Å². The topological polar surface area (TPSA) is 38.3 Å². The number of nitrogens with one attached hydrogen (secondary N) is 1. The van der Waals surface area contributed by atoms with Gasteiger partial charge in [-0.05, 0) is 25.0 Å². The summed E-state index contributed by atoms with van der Waals surface area (Å²) in [5.74, 6) is -0.0250. The molecule has 2 rings (SSSR count). The van der Waals surface area contributed by atoms with Crippen LogP contribution < -0.4 is 5.32 Å². The van der Waals surface area contributed by atoms with Gasteiger partial charge in [-0.1, -0.05) is 6.58 Å². The number of carbonyl (C=O) groups is 1. The van der Waals surface area contributed by atoms with Gasteiger partial charge in [-0.25, -0.2) is 0 Å². The van der Waals surface area contributed by atoms with Crippen molar-refractivity contribution in [2.75, 3.05) is 7.11 Å². The number of allylic oxidation sites excluding steroid dienone is 1. The first-order valence-corrected chi connectivity index (χ1v) is 4.34. The van der Waals surface area contributed by atoms with Crippen molar-refractivity contribution in [1.29, 1.82) is 0 Å². The van der Waals surface area contributed by atoms with Crippen LogP contribution >= 0.6 is 0 Å². The number of hydrogen-bond acceptors (Lipinski definition) is 2. The average Bonchev–Trinajstić information content (AvgIpc) is 2.08. The summed E-state index contributed by atoms with van der Waals surface area (Å²) in [5, 5.41) is 2.79. The minimum atomic E-state index is -0.508. The van der Waals surface area contributed by atoms with E-state index < -0.39 is 5.60 Å². The lowest BCUT2D eigenvalue weighted by atomic mass is 9.63. The fourth-order valence-corrected chi connectivity index (χ4v) is 2.15. The highest BCUT2D eigenvalue weighted by Crippen LogP contribution is 2.48. The van der Waals surface area contributed by atoms with Gasteiger partial charge in [-0.15, -0.1) is 0 Å². The van der Waals surface area contributed by atoms with Crippen LogP contribution in [0.3, 0.4) is 0 Å². The number of amides is 1. The zero-order valence-corrected chi connectivity index (χ0v) is 7.89. The maximum atomic E-state index is 11.5. The number of carbonyl (C=O) groups excluding carboxylic acids is 1. The SMILES string of the molecule is C=C1CC2C(=O)NC(C)=CC12OC. The van der Waals surface area contributed by atoms with E-state index in [0.717, 1.165) is 17.7 Å². The van der Waals surface area contributed by atoms with Gasteiger partial charge >= 0.3 is 0 Å². The Morgan fingerprint density at radius 3 is 3.00 bits per heavy atom. The van der Waals surface area contributed by atoms with E-state index >= 15 is 0 Å². The molecule has 1 aliphatic heterocycles. The molecule has 13 heavy (non-hydrogen) atoms. The van der Waals surface area contributed by atoms with E-state index in [1.807, 2.05) is 13.0 Å². The molecule has 1 amide bonds. The van der Waals surface area contributed by atoms with E-state index in [2.05, 4.69) is 11.9 Å². The lowest BCUT2D eigenvalue weighted by Crippen LogP contribution is -2.59. The van der Waals surface area contributed by atoms with Crippen molar-refractivity contribution in [3.63, 3.8) is 0 Å². The molecule has 0 saturated heterocycles. The zero-order chi connectivity index (χ0) is 9.64. The van der Waals surface area contributed by atoms with Crippen LogP contribution in [-0.2, 0) is 9.53 Å². The molecule has 0 radical (unpaired) electrons. The second-order valence-electron chi connectivity index (χ2n) is 3.67. The van der Waals surface area contributed by atoms with Crippen LogP contribution in [0.5, 0.6) is 0 Å². The lowest BCUT2D eigenvalue weighted by molar-refractivity contribution is -0.138. The van der Waals surface area contributed by atoms with Crippen molar-refractivity contribution in [2.45, 2.75) is 18.9 Å². The molecule has 3 heteroatoms. The molecule has 3 nitrogen and oxygen atoms in total. The summed E-state index contributed by atoms with van der Waals surface area (Å²) >= 11 is 0. The Bertz CT molecular complexity index is 319. The third kappa shape index (κ3) is 0.907. The summed E-state index contributed by atoms with van der Waals surface area (Å²) in [6.45, 7) is 5.77. The van der Waals surface area contributed by atoms with Crippen molar-refractivity contribution >= 4 is 5.91 Å². The molecule has 1 N–H and O–H groups in total. The van der Waals surface area contributed by atoms with Crippen LogP contribution in [0, 0.1) is 5.92 Å². The van der Waals surface area contributed by atoms with Crippen LogP contribution in [0.4, 0.5) is 0 Å². The molecular weight excluding hydrogens is 166 g/mol. The molecule has 1 aliphatic carbocycles. The normalized spacial score (nSPS) is 37.4. The molecular formula is C10H13NO2. The van der Waals surface area contributed by atoms with E-state index in [1.165, 1.54) is 0 Å². The maximum Gasteiger partial charge on any atom is 0.231 e. The van der Waals surface area contributed by atoms with Crippen LogP contribution in [0.1, 0.15) is 13.3 Å². The van der Waals surface area contributed by atoms with Crippen LogP contribution in [0.2, 0.25) is 0 Å². The monoisotopic (exact) mass is 179 g/mol. The van der Waals surface area contributed by atoms with Crippen molar-refractivity contribution in [3.05, 3.63) is 23.9 Å². The third-order valence-corrected chi connectivity index (χ3v) is 2.93. The molecule has 2 atom stereocenters. The van der Waals surface area contributed by atoms with Gasteiger partial charge in [-0.3, -0.25) is 4.79 Å². The first kappa shape index (κ1) is 8.51. The Balaban J connectivity index is 2.43. The largest absolute Gasteiger partial charge is 0.369 e. The second-order valence-corrected chi connectivity index (χ2v) is 3.67. The van der Waals surface area contributed by atoms with Crippen LogP contribution in [0.25, 0.3) is 0 Å². The molecule has 1 saturated carbocycles. The highest BCUT2D eigenvalue weighted by molar-refractivity contribution is 5.87. The van der Waals surface area contributed by atoms with Gasteiger partial charge in [0, 0.05) is 12.8 Å². The van der Waals surface area contributed by atoms with Gasteiger partial charge in [0.15, 0.2) is 0 Å². The molecule has 1 heterocycles. The summed E-state index contributed by atoms with van der Waals surface area (Å²) in [4.78, 5) is 11.5. The summed E-state index contributed by atoms with van der Waals surface area (Å²) in [5.41, 5.74) is 1.34. The molecule has 2 unspecified atom stereocenters. The molecule has 0 aromatic carbocycles. The summed E-state index contributed by atoms with van der Waals surface area (Å²) in [6, 6.07) is 0. The van der Waals surface area contributed by atoms with Gasteiger partial charge in [-0.2, -0.15) is 0 Å². The Morgan fingerprint density at radius 2 is 2.46 bits per heavy atom. The van der Waals surface area contributed by atoms with Crippen LogP contribution in [0.15, 0.2) is 23.9 Å². The Kier molecular flexibility index (Phi) is 1.60. The van der Waals surface area contributed by atoms with Crippen molar-refractivity contribution < 1.29 is 9.53 Å². The number of rotatable bonds is 1. The minimum absolute atomic E-state index is 0.0502. The van der Waals surface area contributed by atoms with Crippen molar-refractivity contribution in [1.82, 2.24) is 5.32 Å². The molecule has 1 fully saturated rings. The number of methoxy groups -OCH3 is 1. The predicted octanol–water partition coefficient (Wildman–Crippen LogP) is 0.981. The van der Waals surface area contributed by atoms with Crippen LogP contribution in [-0.4, -0.2) is 18.6 Å².